The molecule has 0 unspecified atom stereocenters. The van der Waals surface area contributed by atoms with Gasteiger partial charge >= 0.3 is 0 Å². The number of aromatic nitrogens is 2. The topological polar surface area (TPSA) is 63.2 Å². The fraction of sp³-hybridized carbons (Fsp3) is 0. The number of rotatable bonds is 2. The van der Waals surface area contributed by atoms with Crippen LogP contribution in [0, 0.1) is 0 Å². The minimum absolute atomic E-state index is 0.309. The van der Waals surface area contributed by atoms with Crippen molar-refractivity contribution in [3.8, 4) is 11.4 Å². The van der Waals surface area contributed by atoms with Gasteiger partial charge in [0.25, 0.3) is 11.8 Å². The molecule has 2 amide bonds. The van der Waals surface area contributed by atoms with Crippen LogP contribution in [0.1, 0.15) is 20.7 Å². The van der Waals surface area contributed by atoms with Crippen molar-refractivity contribution in [2.45, 2.75) is 0 Å². The predicted molar refractivity (Wildman–Crippen MR) is 85.1 cm³/mol. The van der Waals surface area contributed by atoms with Crippen LogP contribution in [0.15, 0.2) is 67.0 Å². The SMILES string of the molecule is O=C1c2ccccc2C(=O)N1c1cccc(-c2ncccn2)c1. The number of hydrogen-bond acceptors (Lipinski definition) is 4. The molecule has 0 saturated carbocycles. The maximum atomic E-state index is 12.5. The van der Waals surface area contributed by atoms with E-state index in [-0.39, 0.29) is 11.8 Å². The Labute approximate surface area is 132 Å². The van der Waals surface area contributed by atoms with E-state index in [1.54, 1.807) is 60.9 Å². The number of carbonyl (C=O) groups is 2. The fourth-order valence-electron chi connectivity index (χ4n) is 2.66. The highest BCUT2D eigenvalue weighted by Crippen LogP contribution is 2.30. The van der Waals surface area contributed by atoms with Gasteiger partial charge in [0.15, 0.2) is 5.82 Å². The molecule has 0 radical (unpaired) electrons. The van der Waals surface area contributed by atoms with Crippen molar-refractivity contribution < 1.29 is 9.59 Å². The molecular formula is C18H11N3O2. The van der Waals surface area contributed by atoms with E-state index in [4.69, 9.17) is 0 Å². The minimum Gasteiger partial charge on any atom is -0.268 e. The summed E-state index contributed by atoms with van der Waals surface area (Å²) in [5, 5.41) is 0. The Bertz CT molecular complexity index is 887. The van der Waals surface area contributed by atoms with Crippen LogP contribution in [0.3, 0.4) is 0 Å². The van der Waals surface area contributed by atoms with Gasteiger partial charge in [-0.1, -0.05) is 24.3 Å². The van der Waals surface area contributed by atoms with Crippen molar-refractivity contribution in [2.75, 3.05) is 4.90 Å². The maximum Gasteiger partial charge on any atom is 0.266 e. The summed E-state index contributed by atoms with van der Waals surface area (Å²) in [6, 6.07) is 15.7. The molecule has 1 aromatic heterocycles. The van der Waals surface area contributed by atoms with Gasteiger partial charge in [-0.15, -0.1) is 0 Å². The van der Waals surface area contributed by atoms with E-state index in [0.717, 1.165) is 5.56 Å². The first-order chi connectivity index (χ1) is 11.3. The average molecular weight is 301 g/mol. The highest BCUT2D eigenvalue weighted by molar-refractivity contribution is 6.34. The lowest BCUT2D eigenvalue weighted by Crippen LogP contribution is -2.29. The van der Waals surface area contributed by atoms with E-state index in [2.05, 4.69) is 9.97 Å². The standard InChI is InChI=1S/C18H11N3O2/c22-17-14-7-1-2-8-15(14)18(23)21(17)13-6-3-5-12(11-13)16-19-9-4-10-20-16/h1-11H. The molecule has 0 fully saturated rings. The van der Waals surface area contributed by atoms with Gasteiger partial charge in [0.05, 0.1) is 16.8 Å². The molecule has 5 heteroatoms. The molecule has 4 rings (SSSR count). The predicted octanol–water partition coefficient (Wildman–Crippen LogP) is 2.94. The summed E-state index contributed by atoms with van der Waals surface area (Å²) < 4.78 is 0. The van der Waals surface area contributed by atoms with Crippen molar-refractivity contribution in [1.82, 2.24) is 9.97 Å². The van der Waals surface area contributed by atoms with E-state index < -0.39 is 0 Å². The van der Waals surface area contributed by atoms with Crippen molar-refractivity contribution in [3.05, 3.63) is 78.1 Å². The Morgan fingerprint density at radius 1 is 0.739 bits per heavy atom. The van der Waals surface area contributed by atoms with Gasteiger partial charge in [-0.2, -0.15) is 0 Å². The Morgan fingerprint density at radius 2 is 1.39 bits per heavy atom. The number of nitrogens with zero attached hydrogens (tertiary/aromatic N) is 3. The summed E-state index contributed by atoms with van der Waals surface area (Å²) in [4.78, 5) is 34.6. The van der Waals surface area contributed by atoms with E-state index >= 15 is 0 Å². The molecule has 2 aromatic carbocycles. The summed E-state index contributed by atoms with van der Waals surface area (Å²) in [6.07, 6.45) is 3.30. The van der Waals surface area contributed by atoms with Crippen LogP contribution < -0.4 is 4.90 Å². The van der Waals surface area contributed by atoms with Gasteiger partial charge in [0.2, 0.25) is 0 Å². The van der Waals surface area contributed by atoms with Crippen molar-refractivity contribution in [1.29, 1.82) is 0 Å². The quantitative estimate of drug-likeness (QED) is 0.683. The van der Waals surface area contributed by atoms with Gasteiger partial charge < -0.3 is 0 Å². The second kappa shape index (κ2) is 5.14. The van der Waals surface area contributed by atoms with Crippen molar-refractivity contribution in [2.24, 2.45) is 0 Å². The molecule has 0 saturated heterocycles. The largest absolute Gasteiger partial charge is 0.268 e. The molecule has 23 heavy (non-hydrogen) atoms. The molecular weight excluding hydrogens is 290 g/mol. The number of imide groups is 1. The molecule has 0 aliphatic carbocycles. The molecule has 5 nitrogen and oxygen atoms in total. The Kier molecular flexibility index (Phi) is 2.98. The normalized spacial score (nSPS) is 13.3. The van der Waals surface area contributed by atoms with Crippen LogP contribution in [0.2, 0.25) is 0 Å². The van der Waals surface area contributed by atoms with Crippen LogP contribution in [0.25, 0.3) is 11.4 Å². The molecule has 0 spiro atoms. The third-order valence-electron chi connectivity index (χ3n) is 3.72. The molecule has 0 atom stereocenters. The molecule has 110 valence electrons. The molecule has 2 heterocycles. The average Bonchev–Trinajstić information content (AvgIpc) is 2.87. The number of amides is 2. The summed E-state index contributed by atoms with van der Waals surface area (Å²) in [7, 11) is 0. The van der Waals surface area contributed by atoms with Gasteiger partial charge in [0, 0.05) is 18.0 Å². The number of hydrogen-bond donors (Lipinski definition) is 0. The van der Waals surface area contributed by atoms with Crippen molar-refractivity contribution >= 4 is 17.5 Å². The Hall–Kier alpha value is -3.34. The molecule has 1 aliphatic rings. The first-order valence-corrected chi connectivity index (χ1v) is 7.11. The first kappa shape index (κ1) is 13.3. The minimum atomic E-state index is -0.309. The second-order valence-corrected chi connectivity index (χ2v) is 5.11. The number of carbonyl (C=O) groups excluding carboxylic acids is 2. The smallest absolute Gasteiger partial charge is 0.266 e. The van der Waals surface area contributed by atoms with Crippen LogP contribution in [-0.4, -0.2) is 21.8 Å². The van der Waals surface area contributed by atoms with E-state index in [1.165, 1.54) is 4.90 Å². The summed E-state index contributed by atoms with van der Waals surface area (Å²) in [5.74, 6) is -0.0700. The van der Waals surface area contributed by atoms with Gasteiger partial charge in [-0.25, -0.2) is 14.9 Å². The van der Waals surface area contributed by atoms with Crippen LogP contribution >= 0.6 is 0 Å². The van der Waals surface area contributed by atoms with Gasteiger partial charge in [-0.3, -0.25) is 9.59 Å². The lowest BCUT2D eigenvalue weighted by Gasteiger charge is -2.14. The lowest BCUT2D eigenvalue weighted by molar-refractivity contribution is 0.0926. The summed E-state index contributed by atoms with van der Waals surface area (Å²) >= 11 is 0. The molecule has 0 N–H and O–H groups in total. The van der Waals surface area contributed by atoms with Gasteiger partial charge in [-0.05, 0) is 30.3 Å². The maximum absolute atomic E-state index is 12.5. The van der Waals surface area contributed by atoms with Crippen LogP contribution in [0.4, 0.5) is 5.69 Å². The third kappa shape index (κ3) is 2.10. The third-order valence-corrected chi connectivity index (χ3v) is 3.72. The van der Waals surface area contributed by atoms with Crippen LogP contribution in [0.5, 0.6) is 0 Å². The zero-order valence-electron chi connectivity index (χ0n) is 12.0. The fourth-order valence-corrected chi connectivity index (χ4v) is 2.66. The second-order valence-electron chi connectivity index (χ2n) is 5.11. The molecule has 1 aliphatic heterocycles. The Balaban J connectivity index is 1.78. The highest BCUT2D eigenvalue weighted by Gasteiger charge is 2.36. The number of anilines is 1. The van der Waals surface area contributed by atoms with Crippen molar-refractivity contribution in [3.63, 3.8) is 0 Å². The Morgan fingerprint density at radius 3 is 2.04 bits per heavy atom. The molecule has 0 bridgehead atoms. The van der Waals surface area contributed by atoms with Crippen LogP contribution in [-0.2, 0) is 0 Å². The van der Waals surface area contributed by atoms with E-state index in [1.807, 2.05) is 6.07 Å². The number of benzene rings is 2. The summed E-state index contributed by atoms with van der Waals surface area (Å²) in [6.45, 7) is 0. The van der Waals surface area contributed by atoms with E-state index in [9.17, 15) is 9.59 Å². The van der Waals surface area contributed by atoms with Gasteiger partial charge in [0.1, 0.15) is 0 Å². The molecule has 3 aromatic rings. The van der Waals surface area contributed by atoms with E-state index in [0.29, 0.717) is 22.6 Å². The zero-order chi connectivity index (χ0) is 15.8. The summed E-state index contributed by atoms with van der Waals surface area (Å²) in [5.41, 5.74) is 2.12. The monoisotopic (exact) mass is 301 g/mol. The first-order valence-electron chi connectivity index (χ1n) is 7.11. The number of fused-ring (bicyclic) bond motifs is 1. The highest BCUT2D eigenvalue weighted by atomic mass is 16.2. The lowest BCUT2D eigenvalue weighted by atomic mass is 10.1. The zero-order valence-corrected chi connectivity index (χ0v) is 12.0.